The highest BCUT2D eigenvalue weighted by atomic mass is 16.2. The molecule has 4 heteroatoms. The number of nitrogens with one attached hydrogen (secondary N) is 1. The maximum atomic E-state index is 11.6. The van der Waals surface area contributed by atoms with E-state index in [1.165, 1.54) is 0 Å². The summed E-state index contributed by atoms with van der Waals surface area (Å²) in [6, 6.07) is 0. The summed E-state index contributed by atoms with van der Waals surface area (Å²) in [6.45, 7) is 1.66. The van der Waals surface area contributed by atoms with Gasteiger partial charge in [-0.05, 0) is 12.8 Å². The average Bonchev–Trinajstić information content (AvgIpc) is 2.92. The molecule has 0 aromatic heterocycles. The van der Waals surface area contributed by atoms with Crippen molar-refractivity contribution in [3.63, 3.8) is 0 Å². The Balaban J connectivity index is 2.09. The topological polar surface area (TPSA) is 49.2 Å². The molecule has 12 heavy (non-hydrogen) atoms. The SMILES string of the molecule is CNC(=O)C1(C(=O)N2CC2)CC1. The van der Waals surface area contributed by atoms with Crippen LogP contribution in [0.2, 0.25) is 0 Å². The molecule has 0 unspecified atom stereocenters. The van der Waals surface area contributed by atoms with Gasteiger partial charge >= 0.3 is 0 Å². The molecule has 2 amide bonds. The van der Waals surface area contributed by atoms with Crippen LogP contribution in [0.3, 0.4) is 0 Å². The minimum absolute atomic E-state index is 0.0295. The standard InChI is InChI=1S/C8H12N2O2/c1-9-6(11)8(2-3-8)7(12)10-4-5-10/h2-5H2,1H3,(H,9,11). The Labute approximate surface area is 70.9 Å². The largest absolute Gasteiger partial charge is 0.358 e. The first-order valence-corrected chi connectivity index (χ1v) is 4.22. The molecule has 0 atom stereocenters. The maximum absolute atomic E-state index is 11.6. The van der Waals surface area contributed by atoms with Gasteiger partial charge in [0.05, 0.1) is 0 Å². The Hall–Kier alpha value is -1.06. The van der Waals surface area contributed by atoms with Crippen molar-refractivity contribution in [3.8, 4) is 0 Å². The predicted molar refractivity (Wildman–Crippen MR) is 42.3 cm³/mol. The summed E-state index contributed by atoms with van der Waals surface area (Å²) in [5.74, 6) is -0.0822. The van der Waals surface area contributed by atoms with Gasteiger partial charge in [0, 0.05) is 20.1 Å². The van der Waals surface area contributed by atoms with Crippen molar-refractivity contribution in [2.24, 2.45) is 5.41 Å². The van der Waals surface area contributed by atoms with Crippen LogP contribution in [0.4, 0.5) is 0 Å². The van der Waals surface area contributed by atoms with E-state index in [1.807, 2.05) is 0 Å². The number of amides is 2. The second kappa shape index (κ2) is 2.21. The third kappa shape index (κ3) is 0.906. The number of hydrogen-bond acceptors (Lipinski definition) is 2. The van der Waals surface area contributed by atoms with Crippen molar-refractivity contribution in [1.82, 2.24) is 10.2 Å². The zero-order valence-electron chi connectivity index (χ0n) is 7.09. The highest BCUT2D eigenvalue weighted by molar-refractivity contribution is 6.08. The molecule has 1 N–H and O–H groups in total. The third-order valence-corrected chi connectivity index (χ3v) is 2.56. The molecule has 1 heterocycles. The molecule has 2 rings (SSSR count). The zero-order valence-corrected chi connectivity index (χ0v) is 7.09. The van der Waals surface area contributed by atoms with Crippen LogP contribution < -0.4 is 5.32 Å². The van der Waals surface area contributed by atoms with Crippen LogP contribution in [0.5, 0.6) is 0 Å². The van der Waals surface area contributed by atoms with Crippen LogP contribution in [-0.2, 0) is 9.59 Å². The van der Waals surface area contributed by atoms with Crippen molar-refractivity contribution in [2.45, 2.75) is 12.8 Å². The van der Waals surface area contributed by atoms with E-state index < -0.39 is 5.41 Å². The van der Waals surface area contributed by atoms with Gasteiger partial charge in [-0.3, -0.25) is 9.59 Å². The lowest BCUT2D eigenvalue weighted by molar-refractivity contribution is -0.140. The van der Waals surface area contributed by atoms with Crippen molar-refractivity contribution in [1.29, 1.82) is 0 Å². The fraction of sp³-hybridized carbons (Fsp3) is 0.750. The monoisotopic (exact) mass is 168 g/mol. The Morgan fingerprint density at radius 2 is 1.92 bits per heavy atom. The van der Waals surface area contributed by atoms with E-state index in [0.29, 0.717) is 0 Å². The molecule has 1 saturated heterocycles. The van der Waals surface area contributed by atoms with Gasteiger partial charge in [0.15, 0.2) is 0 Å². The van der Waals surface area contributed by atoms with E-state index in [9.17, 15) is 9.59 Å². The number of hydrogen-bond donors (Lipinski definition) is 1. The zero-order chi connectivity index (χ0) is 8.77. The van der Waals surface area contributed by atoms with Gasteiger partial charge in [0.2, 0.25) is 11.8 Å². The van der Waals surface area contributed by atoms with E-state index in [0.717, 1.165) is 25.9 Å². The summed E-state index contributed by atoms with van der Waals surface area (Å²) in [6.07, 6.45) is 1.45. The van der Waals surface area contributed by atoms with E-state index in [2.05, 4.69) is 5.32 Å². The van der Waals surface area contributed by atoms with Crippen molar-refractivity contribution in [2.75, 3.05) is 20.1 Å². The van der Waals surface area contributed by atoms with Crippen LogP contribution in [0, 0.1) is 5.41 Å². The molecule has 2 fully saturated rings. The Morgan fingerprint density at radius 1 is 1.33 bits per heavy atom. The fourth-order valence-corrected chi connectivity index (χ4v) is 1.46. The molecule has 0 aromatic rings. The molecule has 1 aliphatic heterocycles. The first kappa shape index (κ1) is 7.58. The van der Waals surface area contributed by atoms with E-state index in [4.69, 9.17) is 0 Å². The van der Waals surface area contributed by atoms with Gasteiger partial charge in [0.25, 0.3) is 0 Å². The van der Waals surface area contributed by atoms with Crippen LogP contribution in [0.25, 0.3) is 0 Å². The van der Waals surface area contributed by atoms with Crippen molar-refractivity contribution in [3.05, 3.63) is 0 Å². The second-order valence-electron chi connectivity index (χ2n) is 3.45. The highest BCUT2D eigenvalue weighted by Gasteiger charge is 2.58. The van der Waals surface area contributed by atoms with Crippen LogP contribution >= 0.6 is 0 Å². The van der Waals surface area contributed by atoms with Gasteiger partial charge in [-0.1, -0.05) is 0 Å². The quantitative estimate of drug-likeness (QED) is 0.440. The number of carbonyl (C=O) groups excluding carboxylic acids is 2. The van der Waals surface area contributed by atoms with Gasteiger partial charge in [-0.25, -0.2) is 0 Å². The molecule has 0 spiro atoms. The summed E-state index contributed by atoms with van der Waals surface area (Å²) in [7, 11) is 1.58. The molecule has 0 aromatic carbocycles. The number of nitrogens with zero attached hydrogens (tertiary/aromatic N) is 1. The normalized spacial score (nSPS) is 23.2. The summed E-state index contributed by atoms with van der Waals surface area (Å²) < 4.78 is 0. The summed E-state index contributed by atoms with van der Waals surface area (Å²) in [4.78, 5) is 24.6. The molecule has 66 valence electrons. The molecule has 1 saturated carbocycles. The lowest BCUT2D eigenvalue weighted by Crippen LogP contribution is -2.38. The molecular formula is C8H12N2O2. The first-order chi connectivity index (χ1) is 5.70. The molecular weight excluding hydrogens is 156 g/mol. The Bertz CT molecular complexity index is 241. The van der Waals surface area contributed by atoms with Crippen LogP contribution in [-0.4, -0.2) is 36.9 Å². The second-order valence-corrected chi connectivity index (χ2v) is 3.45. The Morgan fingerprint density at radius 3 is 2.25 bits per heavy atom. The van der Waals surface area contributed by atoms with Gasteiger partial charge in [-0.15, -0.1) is 0 Å². The van der Waals surface area contributed by atoms with Crippen LogP contribution in [0.1, 0.15) is 12.8 Å². The summed E-state index contributed by atoms with van der Waals surface area (Å²) in [5, 5.41) is 2.54. The molecule has 4 nitrogen and oxygen atoms in total. The van der Waals surface area contributed by atoms with Gasteiger partial charge in [0.1, 0.15) is 5.41 Å². The third-order valence-electron chi connectivity index (χ3n) is 2.56. The smallest absolute Gasteiger partial charge is 0.238 e. The summed E-state index contributed by atoms with van der Waals surface area (Å²) >= 11 is 0. The molecule has 1 aliphatic carbocycles. The molecule has 0 bridgehead atoms. The van der Waals surface area contributed by atoms with E-state index >= 15 is 0 Å². The maximum Gasteiger partial charge on any atom is 0.238 e. The summed E-state index contributed by atoms with van der Waals surface area (Å²) in [5.41, 5.74) is -0.661. The predicted octanol–water partition coefficient (Wildman–Crippen LogP) is -0.645. The van der Waals surface area contributed by atoms with Gasteiger partial charge in [-0.2, -0.15) is 0 Å². The van der Waals surface area contributed by atoms with Crippen LogP contribution in [0.15, 0.2) is 0 Å². The number of carbonyl (C=O) groups is 2. The minimum atomic E-state index is -0.661. The average molecular weight is 168 g/mol. The molecule has 2 aliphatic rings. The van der Waals surface area contributed by atoms with E-state index in [1.54, 1.807) is 11.9 Å². The minimum Gasteiger partial charge on any atom is -0.358 e. The first-order valence-electron chi connectivity index (χ1n) is 4.22. The van der Waals surface area contributed by atoms with Crippen molar-refractivity contribution >= 4 is 11.8 Å². The van der Waals surface area contributed by atoms with Gasteiger partial charge < -0.3 is 10.2 Å². The number of rotatable bonds is 2. The molecule has 0 radical (unpaired) electrons. The lowest BCUT2D eigenvalue weighted by atomic mass is 10.1. The van der Waals surface area contributed by atoms with E-state index in [-0.39, 0.29) is 11.8 Å². The highest BCUT2D eigenvalue weighted by Crippen LogP contribution is 2.48. The fourth-order valence-electron chi connectivity index (χ4n) is 1.46. The lowest BCUT2D eigenvalue weighted by Gasteiger charge is -2.11. The van der Waals surface area contributed by atoms with Crippen molar-refractivity contribution < 1.29 is 9.59 Å². The Kier molecular flexibility index (Phi) is 1.40.